The van der Waals surface area contributed by atoms with Gasteiger partial charge in [0.2, 0.25) is 0 Å². The van der Waals surface area contributed by atoms with Crippen molar-refractivity contribution in [3.05, 3.63) is 47.5 Å². The highest BCUT2D eigenvalue weighted by atomic mass is 19.1. The number of aliphatic hydroxyl groups excluding tert-OH is 1. The first-order valence-corrected chi connectivity index (χ1v) is 6.30. The van der Waals surface area contributed by atoms with E-state index < -0.39 is 0 Å². The molecule has 0 spiro atoms. The minimum absolute atomic E-state index is 0.0180. The quantitative estimate of drug-likeness (QED) is 0.872. The van der Waals surface area contributed by atoms with E-state index >= 15 is 0 Å². The van der Waals surface area contributed by atoms with E-state index in [1.807, 2.05) is 25.1 Å². The Morgan fingerprint density at radius 1 is 1.32 bits per heavy atom. The summed E-state index contributed by atoms with van der Waals surface area (Å²) in [4.78, 5) is 0. The first-order chi connectivity index (χ1) is 9.11. The molecule has 1 unspecified atom stereocenters. The van der Waals surface area contributed by atoms with E-state index in [9.17, 15) is 4.39 Å². The maximum absolute atomic E-state index is 13.5. The molecule has 19 heavy (non-hydrogen) atoms. The number of aliphatic hydroxyl groups is 1. The summed E-state index contributed by atoms with van der Waals surface area (Å²) in [6, 6.07) is 8.66. The van der Waals surface area contributed by atoms with Crippen molar-refractivity contribution in [1.82, 2.24) is 5.32 Å². The predicted molar refractivity (Wildman–Crippen MR) is 72.2 cm³/mol. The normalized spacial score (nSPS) is 12.6. The monoisotopic (exact) mass is 263 g/mol. The van der Waals surface area contributed by atoms with Gasteiger partial charge in [0.25, 0.3) is 0 Å². The van der Waals surface area contributed by atoms with Gasteiger partial charge in [-0.1, -0.05) is 12.1 Å². The molecule has 102 valence electrons. The zero-order valence-corrected chi connectivity index (χ0v) is 11.1. The van der Waals surface area contributed by atoms with Gasteiger partial charge in [-0.25, -0.2) is 4.39 Å². The highest BCUT2D eigenvalue weighted by Gasteiger charge is 2.10. The second-order valence-electron chi connectivity index (χ2n) is 4.64. The molecule has 1 atom stereocenters. The van der Waals surface area contributed by atoms with E-state index in [-0.39, 0.29) is 18.5 Å². The Labute approximate surface area is 112 Å². The maximum Gasteiger partial charge on any atom is 0.134 e. The van der Waals surface area contributed by atoms with Crippen LogP contribution < -0.4 is 5.32 Å². The summed E-state index contributed by atoms with van der Waals surface area (Å²) in [7, 11) is 0. The number of furan rings is 1. The molecule has 0 saturated carbocycles. The van der Waals surface area contributed by atoms with Crippen LogP contribution in [0.2, 0.25) is 0 Å². The summed E-state index contributed by atoms with van der Waals surface area (Å²) >= 11 is 0. The van der Waals surface area contributed by atoms with E-state index in [1.165, 1.54) is 6.07 Å². The first-order valence-electron chi connectivity index (χ1n) is 6.30. The van der Waals surface area contributed by atoms with Gasteiger partial charge < -0.3 is 14.8 Å². The van der Waals surface area contributed by atoms with Crippen molar-refractivity contribution in [3.8, 4) is 11.3 Å². The van der Waals surface area contributed by atoms with Crippen molar-refractivity contribution in [2.75, 3.05) is 6.61 Å². The third-order valence-electron chi connectivity index (χ3n) is 3.09. The van der Waals surface area contributed by atoms with Gasteiger partial charge in [0.15, 0.2) is 0 Å². The zero-order valence-electron chi connectivity index (χ0n) is 11.1. The smallest absolute Gasteiger partial charge is 0.134 e. The van der Waals surface area contributed by atoms with Crippen LogP contribution in [0.15, 0.2) is 34.7 Å². The van der Waals surface area contributed by atoms with Crippen molar-refractivity contribution in [2.45, 2.75) is 26.4 Å². The van der Waals surface area contributed by atoms with Crippen molar-refractivity contribution >= 4 is 0 Å². The molecule has 0 saturated heterocycles. The first kappa shape index (κ1) is 13.8. The summed E-state index contributed by atoms with van der Waals surface area (Å²) < 4.78 is 19.2. The number of hydrogen-bond acceptors (Lipinski definition) is 3. The number of nitrogens with one attached hydrogen (secondary N) is 1. The largest absolute Gasteiger partial charge is 0.460 e. The van der Waals surface area contributed by atoms with Crippen LogP contribution in [0.4, 0.5) is 4.39 Å². The highest BCUT2D eigenvalue weighted by molar-refractivity contribution is 5.62. The van der Waals surface area contributed by atoms with Crippen LogP contribution >= 0.6 is 0 Å². The molecule has 2 aromatic rings. The van der Waals surface area contributed by atoms with Gasteiger partial charge in [-0.2, -0.15) is 0 Å². The average molecular weight is 263 g/mol. The fourth-order valence-electron chi connectivity index (χ4n) is 1.83. The molecule has 0 aliphatic heterocycles. The second kappa shape index (κ2) is 5.99. The molecule has 1 aromatic carbocycles. The Kier molecular flexibility index (Phi) is 4.35. The summed E-state index contributed by atoms with van der Waals surface area (Å²) in [5.41, 5.74) is 1.35. The number of halogens is 1. The predicted octanol–water partition coefficient (Wildman–Crippen LogP) is 2.86. The van der Waals surface area contributed by atoms with Crippen LogP contribution in [0, 0.1) is 12.7 Å². The van der Waals surface area contributed by atoms with Crippen LogP contribution in [0.25, 0.3) is 11.3 Å². The van der Waals surface area contributed by atoms with Gasteiger partial charge >= 0.3 is 0 Å². The van der Waals surface area contributed by atoms with E-state index in [4.69, 9.17) is 9.52 Å². The Morgan fingerprint density at radius 3 is 2.84 bits per heavy atom. The molecule has 0 fully saturated rings. The molecular formula is C15H18FNO2. The molecule has 1 heterocycles. The van der Waals surface area contributed by atoms with E-state index in [1.54, 1.807) is 13.0 Å². The fourth-order valence-corrected chi connectivity index (χ4v) is 1.83. The standard InChI is InChI=1S/C15H18FNO2/c1-10(9-18)17-8-12-6-7-15(19-12)13-4-3-5-14(16)11(13)2/h3-7,10,17-18H,8-9H2,1-2H3. The molecule has 0 radical (unpaired) electrons. The van der Waals surface area contributed by atoms with Crippen molar-refractivity contribution in [2.24, 2.45) is 0 Å². The minimum atomic E-state index is -0.234. The molecule has 1 aromatic heterocycles. The van der Waals surface area contributed by atoms with Crippen LogP contribution in [0.5, 0.6) is 0 Å². The summed E-state index contributed by atoms with van der Waals surface area (Å²) in [5.74, 6) is 1.19. The van der Waals surface area contributed by atoms with Gasteiger partial charge in [-0.3, -0.25) is 0 Å². The number of rotatable bonds is 5. The lowest BCUT2D eigenvalue weighted by Crippen LogP contribution is -2.28. The molecule has 4 heteroatoms. The topological polar surface area (TPSA) is 45.4 Å². The van der Waals surface area contributed by atoms with E-state index in [0.29, 0.717) is 17.9 Å². The minimum Gasteiger partial charge on any atom is -0.460 e. The Morgan fingerprint density at radius 2 is 2.11 bits per heavy atom. The van der Waals surface area contributed by atoms with Gasteiger partial charge in [0.1, 0.15) is 17.3 Å². The zero-order chi connectivity index (χ0) is 13.8. The Bertz CT molecular complexity index is 551. The number of hydrogen-bond donors (Lipinski definition) is 2. The SMILES string of the molecule is Cc1c(F)cccc1-c1ccc(CNC(C)CO)o1. The second-order valence-corrected chi connectivity index (χ2v) is 4.64. The molecular weight excluding hydrogens is 245 g/mol. The van der Waals surface area contributed by atoms with Gasteiger partial charge in [0, 0.05) is 11.6 Å². The maximum atomic E-state index is 13.5. The highest BCUT2D eigenvalue weighted by Crippen LogP contribution is 2.26. The van der Waals surface area contributed by atoms with Crippen molar-refractivity contribution in [3.63, 3.8) is 0 Å². The van der Waals surface area contributed by atoms with Crippen LogP contribution in [0.3, 0.4) is 0 Å². The van der Waals surface area contributed by atoms with Gasteiger partial charge in [-0.05, 0) is 37.6 Å². The van der Waals surface area contributed by atoms with Crippen LogP contribution in [-0.4, -0.2) is 17.8 Å². The van der Waals surface area contributed by atoms with Crippen molar-refractivity contribution in [1.29, 1.82) is 0 Å². The van der Waals surface area contributed by atoms with Gasteiger partial charge in [0.05, 0.1) is 13.2 Å². The Balaban J connectivity index is 2.14. The lowest BCUT2D eigenvalue weighted by molar-refractivity contribution is 0.248. The summed E-state index contributed by atoms with van der Waals surface area (Å²) in [6.07, 6.45) is 0. The third-order valence-corrected chi connectivity index (χ3v) is 3.09. The molecule has 2 rings (SSSR count). The van der Waals surface area contributed by atoms with Crippen LogP contribution in [0.1, 0.15) is 18.2 Å². The molecule has 0 aliphatic carbocycles. The average Bonchev–Trinajstić information content (AvgIpc) is 2.87. The van der Waals surface area contributed by atoms with Crippen LogP contribution in [-0.2, 0) is 6.54 Å². The number of benzene rings is 1. The summed E-state index contributed by atoms with van der Waals surface area (Å²) in [6.45, 7) is 4.24. The summed E-state index contributed by atoms with van der Waals surface area (Å²) in [5, 5.41) is 12.0. The molecule has 0 aliphatic rings. The van der Waals surface area contributed by atoms with E-state index in [0.717, 1.165) is 11.3 Å². The fraction of sp³-hybridized carbons (Fsp3) is 0.333. The Hall–Kier alpha value is -1.65. The lowest BCUT2D eigenvalue weighted by Gasteiger charge is -2.08. The lowest BCUT2D eigenvalue weighted by atomic mass is 10.1. The molecule has 0 amide bonds. The molecule has 2 N–H and O–H groups in total. The third kappa shape index (κ3) is 3.22. The van der Waals surface area contributed by atoms with E-state index in [2.05, 4.69) is 5.32 Å². The molecule has 0 bridgehead atoms. The van der Waals surface area contributed by atoms with Crippen molar-refractivity contribution < 1.29 is 13.9 Å². The van der Waals surface area contributed by atoms with Gasteiger partial charge in [-0.15, -0.1) is 0 Å². The molecule has 3 nitrogen and oxygen atoms in total.